The lowest BCUT2D eigenvalue weighted by Gasteiger charge is -2.06. The molecule has 0 aliphatic rings. The predicted octanol–water partition coefficient (Wildman–Crippen LogP) is 0.712. The van der Waals surface area contributed by atoms with Gasteiger partial charge in [-0.1, -0.05) is 13.8 Å². The SMILES string of the molecule is COC(=O)C(N)c1ccn(CC(C)C)n1. The van der Waals surface area contributed by atoms with Crippen LogP contribution < -0.4 is 5.73 Å². The van der Waals surface area contributed by atoms with Crippen LogP contribution in [0.25, 0.3) is 0 Å². The Hall–Kier alpha value is -1.36. The highest BCUT2D eigenvalue weighted by molar-refractivity contribution is 5.76. The molecule has 0 spiro atoms. The maximum atomic E-state index is 11.1. The normalized spacial score (nSPS) is 12.9. The van der Waals surface area contributed by atoms with E-state index >= 15 is 0 Å². The molecule has 0 radical (unpaired) electrons. The van der Waals surface area contributed by atoms with Crippen LogP contribution >= 0.6 is 0 Å². The first kappa shape index (κ1) is 11.7. The largest absolute Gasteiger partial charge is 0.468 e. The van der Waals surface area contributed by atoms with Crippen LogP contribution in [0.4, 0.5) is 0 Å². The van der Waals surface area contributed by atoms with Crippen molar-refractivity contribution in [3.05, 3.63) is 18.0 Å². The van der Waals surface area contributed by atoms with Crippen molar-refractivity contribution in [2.24, 2.45) is 11.7 Å². The summed E-state index contributed by atoms with van der Waals surface area (Å²) in [4.78, 5) is 11.1. The predicted molar refractivity (Wildman–Crippen MR) is 56.0 cm³/mol. The van der Waals surface area contributed by atoms with Crippen molar-refractivity contribution in [3.8, 4) is 0 Å². The maximum Gasteiger partial charge on any atom is 0.328 e. The Bertz CT molecular complexity index is 333. The van der Waals surface area contributed by atoms with Gasteiger partial charge in [0.2, 0.25) is 0 Å². The van der Waals surface area contributed by atoms with Gasteiger partial charge in [0.1, 0.15) is 6.04 Å². The zero-order valence-corrected chi connectivity index (χ0v) is 9.30. The number of hydrogen-bond donors (Lipinski definition) is 1. The lowest BCUT2D eigenvalue weighted by atomic mass is 10.2. The molecule has 1 atom stereocenters. The van der Waals surface area contributed by atoms with E-state index in [1.165, 1.54) is 7.11 Å². The molecule has 1 aromatic heterocycles. The minimum absolute atomic E-state index is 0.468. The molecule has 0 aromatic carbocycles. The average Bonchev–Trinajstić information content (AvgIpc) is 2.63. The van der Waals surface area contributed by atoms with Gasteiger partial charge in [-0.2, -0.15) is 5.10 Å². The summed E-state index contributed by atoms with van der Waals surface area (Å²) in [6.45, 7) is 5.01. The first-order valence-corrected chi connectivity index (χ1v) is 4.91. The number of nitrogens with two attached hydrogens (primary N) is 1. The van der Waals surface area contributed by atoms with Crippen LogP contribution in [0.5, 0.6) is 0 Å². The second-order valence-corrected chi connectivity index (χ2v) is 3.86. The molecule has 1 unspecified atom stereocenters. The highest BCUT2D eigenvalue weighted by atomic mass is 16.5. The van der Waals surface area contributed by atoms with Crippen molar-refractivity contribution in [1.82, 2.24) is 9.78 Å². The van der Waals surface area contributed by atoms with Gasteiger partial charge in [0.05, 0.1) is 12.8 Å². The molecule has 5 nitrogen and oxygen atoms in total. The number of ether oxygens (including phenoxy) is 1. The molecule has 1 aromatic rings. The van der Waals surface area contributed by atoms with Crippen molar-refractivity contribution in [3.63, 3.8) is 0 Å². The number of methoxy groups -OCH3 is 1. The number of rotatable bonds is 4. The zero-order chi connectivity index (χ0) is 11.4. The number of aromatic nitrogens is 2. The summed E-state index contributed by atoms with van der Waals surface area (Å²) in [5, 5.41) is 4.21. The van der Waals surface area contributed by atoms with Crippen molar-refractivity contribution in [2.45, 2.75) is 26.4 Å². The lowest BCUT2D eigenvalue weighted by molar-refractivity contribution is -0.142. The van der Waals surface area contributed by atoms with Crippen LogP contribution in [-0.2, 0) is 16.1 Å². The van der Waals surface area contributed by atoms with Gasteiger partial charge in [-0.05, 0) is 12.0 Å². The second-order valence-electron chi connectivity index (χ2n) is 3.86. The lowest BCUT2D eigenvalue weighted by Crippen LogP contribution is -2.23. The molecule has 0 amide bonds. The molecule has 0 saturated carbocycles. The van der Waals surface area contributed by atoms with Gasteiger partial charge >= 0.3 is 5.97 Å². The molecule has 0 saturated heterocycles. The summed E-state index contributed by atoms with van der Waals surface area (Å²) < 4.78 is 6.32. The molecule has 1 rings (SSSR count). The third kappa shape index (κ3) is 3.06. The number of nitrogens with zero attached hydrogens (tertiary/aromatic N) is 2. The van der Waals surface area contributed by atoms with Crippen LogP contribution in [0.1, 0.15) is 25.6 Å². The van der Waals surface area contributed by atoms with Crippen LogP contribution in [0.2, 0.25) is 0 Å². The van der Waals surface area contributed by atoms with E-state index in [9.17, 15) is 4.79 Å². The Kier molecular flexibility index (Phi) is 3.85. The fraction of sp³-hybridized carbons (Fsp3) is 0.600. The van der Waals surface area contributed by atoms with Crippen molar-refractivity contribution in [2.75, 3.05) is 7.11 Å². The fourth-order valence-electron chi connectivity index (χ4n) is 1.27. The third-order valence-electron chi connectivity index (χ3n) is 1.99. The zero-order valence-electron chi connectivity index (χ0n) is 9.30. The van der Waals surface area contributed by atoms with E-state index in [0.29, 0.717) is 11.6 Å². The fourth-order valence-corrected chi connectivity index (χ4v) is 1.27. The van der Waals surface area contributed by atoms with Gasteiger partial charge in [0.25, 0.3) is 0 Å². The summed E-state index contributed by atoms with van der Waals surface area (Å²) in [7, 11) is 1.31. The average molecular weight is 211 g/mol. The van der Waals surface area contributed by atoms with E-state index in [1.807, 2.05) is 6.20 Å². The molecule has 0 aliphatic carbocycles. The van der Waals surface area contributed by atoms with Crippen molar-refractivity contribution >= 4 is 5.97 Å². The summed E-state index contributed by atoms with van der Waals surface area (Å²) in [6, 6.07) is 0.952. The van der Waals surface area contributed by atoms with Crippen LogP contribution in [-0.4, -0.2) is 22.9 Å². The van der Waals surface area contributed by atoms with Crippen molar-refractivity contribution < 1.29 is 9.53 Å². The van der Waals surface area contributed by atoms with Crippen LogP contribution in [0.3, 0.4) is 0 Å². The minimum Gasteiger partial charge on any atom is -0.468 e. The Balaban J connectivity index is 2.71. The first-order valence-electron chi connectivity index (χ1n) is 4.91. The Morgan fingerprint density at radius 2 is 2.33 bits per heavy atom. The van der Waals surface area contributed by atoms with Gasteiger partial charge in [-0.3, -0.25) is 4.68 Å². The molecule has 0 fully saturated rings. The molecular formula is C10H17N3O2. The number of carbonyl (C=O) groups excluding carboxylic acids is 1. The quantitative estimate of drug-likeness (QED) is 0.745. The molecule has 1 heterocycles. The smallest absolute Gasteiger partial charge is 0.328 e. The van der Waals surface area contributed by atoms with E-state index in [0.717, 1.165) is 6.54 Å². The standard InChI is InChI=1S/C10H17N3O2/c1-7(2)6-13-5-4-8(12-13)9(11)10(14)15-3/h4-5,7,9H,6,11H2,1-3H3. The Labute approximate surface area is 89.2 Å². The highest BCUT2D eigenvalue weighted by Gasteiger charge is 2.18. The third-order valence-corrected chi connectivity index (χ3v) is 1.99. The molecule has 5 heteroatoms. The number of carbonyl (C=O) groups is 1. The summed E-state index contributed by atoms with van der Waals surface area (Å²) in [5.41, 5.74) is 6.19. The monoisotopic (exact) mass is 211 g/mol. The van der Waals surface area contributed by atoms with E-state index in [1.54, 1.807) is 10.7 Å². The van der Waals surface area contributed by atoms with Gasteiger partial charge < -0.3 is 10.5 Å². The van der Waals surface area contributed by atoms with Gasteiger partial charge in [0, 0.05) is 12.7 Å². The van der Waals surface area contributed by atoms with E-state index in [2.05, 4.69) is 23.7 Å². The second kappa shape index (κ2) is 4.93. The van der Waals surface area contributed by atoms with Crippen LogP contribution in [0, 0.1) is 5.92 Å². The molecule has 0 aliphatic heterocycles. The first-order chi connectivity index (χ1) is 7.04. The molecule has 84 valence electrons. The summed E-state index contributed by atoms with van der Waals surface area (Å²) >= 11 is 0. The molecule has 0 bridgehead atoms. The van der Waals surface area contributed by atoms with Gasteiger partial charge in [-0.15, -0.1) is 0 Å². The highest BCUT2D eigenvalue weighted by Crippen LogP contribution is 2.09. The number of esters is 1. The van der Waals surface area contributed by atoms with Gasteiger partial charge in [-0.25, -0.2) is 4.79 Å². The van der Waals surface area contributed by atoms with E-state index in [-0.39, 0.29) is 0 Å². The van der Waals surface area contributed by atoms with E-state index in [4.69, 9.17) is 5.73 Å². The minimum atomic E-state index is -0.789. The van der Waals surface area contributed by atoms with E-state index < -0.39 is 12.0 Å². The molecule has 15 heavy (non-hydrogen) atoms. The molecule has 2 N–H and O–H groups in total. The number of hydrogen-bond acceptors (Lipinski definition) is 4. The maximum absolute atomic E-state index is 11.1. The molecular weight excluding hydrogens is 194 g/mol. The Morgan fingerprint density at radius 3 is 2.87 bits per heavy atom. The van der Waals surface area contributed by atoms with Crippen molar-refractivity contribution in [1.29, 1.82) is 0 Å². The summed E-state index contributed by atoms with van der Waals surface area (Å²) in [6.07, 6.45) is 1.82. The van der Waals surface area contributed by atoms with Gasteiger partial charge in [0.15, 0.2) is 0 Å². The summed E-state index contributed by atoms with van der Waals surface area (Å²) in [5.74, 6) is 0.0388. The Morgan fingerprint density at radius 1 is 1.67 bits per heavy atom. The topological polar surface area (TPSA) is 70.1 Å². The van der Waals surface area contributed by atoms with Crippen LogP contribution in [0.15, 0.2) is 12.3 Å².